The van der Waals surface area contributed by atoms with E-state index in [1.54, 1.807) is 23.1 Å². The van der Waals surface area contributed by atoms with Gasteiger partial charge in [-0.15, -0.1) is 23.1 Å². The third-order valence-corrected chi connectivity index (χ3v) is 12.5. The molecule has 8 atom stereocenters. The highest BCUT2D eigenvalue weighted by atomic mass is 32.2. The van der Waals surface area contributed by atoms with Gasteiger partial charge >= 0.3 is 5.97 Å². The topological polar surface area (TPSA) is 99.7 Å². The molecule has 2 saturated carbocycles. The number of aromatic amines is 1. The number of carboxylic acid groups (broad SMARTS) is 1. The predicted molar refractivity (Wildman–Crippen MR) is 163 cm³/mol. The van der Waals surface area contributed by atoms with Gasteiger partial charge in [0.1, 0.15) is 18.4 Å². The molecule has 2 aromatic carbocycles. The maximum absolute atomic E-state index is 14.0. The minimum Gasteiger partial charge on any atom is -0.489 e. The molecule has 4 aliphatic rings. The number of rotatable bonds is 8. The van der Waals surface area contributed by atoms with Crippen LogP contribution in [0.4, 0.5) is 0 Å². The molecule has 10 heteroatoms. The van der Waals surface area contributed by atoms with Crippen molar-refractivity contribution in [2.75, 3.05) is 0 Å². The Kier molecular flexibility index (Phi) is 7.06. The van der Waals surface area contributed by atoms with Gasteiger partial charge in [0, 0.05) is 16.0 Å². The van der Waals surface area contributed by atoms with E-state index < -0.39 is 23.8 Å². The quantitative estimate of drug-likeness (QED) is 0.223. The summed E-state index contributed by atoms with van der Waals surface area (Å²) in [7, 11) is 0. The number of likely N-dealkylation sites (tertiary alicyclic amines) is 1. The van der Waals surface area contributed by atoms with Crippen molar-refractivity contribution in [2.45, 2.75) is 55.5 Å². The first kappa shape index (κ1) is 27.9. The lowest BCUT2D eigenvalue weighted by molar-refractivity contribution is -0.156. The number of hydrogen-bond donors (Lipinski definition) is 2. The molecule has 3 fully saturated rings. The lowest BCUT2D eigenvalue weighted by Gasteiger charge is -2.43. The Morgan fingerprint density at radius 2 is 1.83 bits per heavy atom. The second kappa shape index (κ2) is 10.6. The first-order valence-corrected chi connectivity index (χ1v) is 16.6. The lowest BCUT2D eigenvalue weighted by Crippen LogP contribution is -2.47. The second-order valence-electron chi connectivity index (χ2n) is 12.3. The molecule has 2 aliphatic carbocycles. The molecule has 7 rings (SSSR count). The van der Waals surface area contributed by atoms with Crippen molar-refractivity contribution in [2.24, 2.45) is 35.5 Å². The Bertz CT molecular complexity index is 1620. The number of nitrogens with zero attached hydrogens (tertiary/aromatic N) is 1. The van der Waals surface area contributed by atoms with Crippen LogP contribution < -0.4 is 4.74 Å². The highest BCUT2D eigenvalue weighted by molar-refractivity contribution is 8.00. The number of hydrogen-bond acceptors (Lipinski definition) is 7. The minimum atomic E-state index is -1.11. The first-order valence-electron chi connectivity index (χ1n) is 14.5. The van der Waals surface area contributed by atoms with E-state index in [9.17, 15) is 19.5 Å². The number of carbonyl (C=O) groups excluding carboxylic acids is 2. The number of H-pyrrole nitrogens is 1. The molecule has 7 nitrogen and oxygen atoms in total. The van der Waals surface area contributed by atoms with E-state index in [1.807, 2.05) is 56.3 Å². The zero-order chi connectivity index (χ0) is 29.3. The fourth-order valence-electron chi connectivity index (χ4n) is 8.02. The van der Waals surface area contributed by atoms with Crippen LogP contribution in [0.2, 0.25) is 0 Å². The van der Waals surface area contributed by atoms with Crippen molar-refractivity contribution in [3.05, 3.63) is 74.6 Å². The summed E-state index contributed by atoms with van der Waals surface area (Å²) < 4.78 is 6.91. The van der Waals surface area contributed by atoms with Crippen molar-refractivity contribution < 1.29 is 24.2 Å². The summed E-state index contributed by atoms with van der Waals surface area (Å²) in [5, 5.41) is 11.2. The number of aromatic nitrogens is 1. The van der Waals surface area contributed by atoms with Crippen LogP contribution in [0.25, 0.3) is 0 Å². The van der Waals surface area contributed by atoms with Gasteiger partial charge in [0.2, 0.25) is 11.8 Å². The number of thiazole rings is 1. The molecule has 42 heavy (non-hydrogen) atoms. The van der Waals surface area contributed by atoms with Crippen LogP contribution in [0.5, 0.6) is 5.75 Å². The molecule has 3 aromatic rings. The number of nitrogens with one attached hydrogen (secondary N) is 1. The average molecular weight is 621 g/mol. The van der Waals surface area contributed by atoms with Gasteiger partial charge in [0.15, 0.2) is 3.95 Å². The lowest BCUT2D eigenvalue weighted by atomic mass is 9.68. The molecule has 3 heterocycles. The molecule has 218 valence electrons. The van der Waals surface area contributed by atoms with Crippen LogP contribution in [0.15, 0.2) is 59.6 Å². The monoisotopic (exact) mass is 620 g/mol. The van der Waals surface area contributed by atoms with Gasteiger partial charge in [-0.3, -0.25) is 14.5 Å². The summed E-state index contributed by atoms with van der Waals surface area (Å²) >= 11 is 8.93. The Labute approximate surface area is 257 Å². The molecule has 1 aromatic heterocycles. The normalized spacial score (nSPS) is 29.9. The molecule has 2 aliphatic heterocycles. The maximum atomic E-state index is 14.0. The molecule has 0 spiro atoms. The average Bonchev–Trinajstić information content (AvgIpc) is 3.70. The van der Waals surface area contributed by atoms with E-state index in [0.29, 0.717) is 6.61 Å². The number of amides is 2. The zero-order valence-electron chi connectivity index (χ0n) is 23.3. The van der Waals surface area contributed by atoms with Gasteiger partial charge < -0.3 is 14.8 Å². The van der Waals surface area contributed by atoms with E-state index in [0.717, 1.165) is 37.2 Å². The van der Waals surface area contributed by atoms with Crippen LogP contribution in [0.3, 0.4) is 0 Å². The smallest absolute Gasteiger partial charge is 0.326 e. The van der Waals surface area contributed by atoms with Crippen molar-refractivity contribution in [1.82, 2.24) is 9.88 Å². The third kappa shape index (κ3) is 4.45. The van der Waals surface area contributed by atoms with E-state index in [1.165, 1.54) is 4.88 Å². The Morgan fingerprint density at radius 1 is 1.10 bits per heavy atom. The van der Waals surface area contributed by atoms with Crippen LogP contribution in [-0.2, 0) is 21.0 Å². The number of carboxylic acids is 1. The largest absolute Gasteiger partial charge is 0.489 e. The van der Waals surface area contributed by atoms with Crippen LogP contribution in [0, 0.1) is 39.5 Å². The van der Waals surface area contributed by atoms with E-state index in [2.05, 4.69) is 17.1 Å². The van der Waals surface area contributed by atoms with Gasteiger partial charge in [0.05, 0.1) is 16.9 Å². The van der Waals surface area contributed by atoms with Gasteiger partial charge in [-0.05, 0) is 72.0 Å². The number of aliphatic carboxylic acids is 1. The standard InChI is InChI=1S/C32H32N2O5S3/c1-15(2)11-21(31(37)38)34-29(35)24-19-13-20(25(24)30(34)36)26-23(19)22(27-28(41-26)33-32(40)42-27)17-9-6-10-18(12-17)39-14-16-7-4-3-5-8-16/h3-10,12,15,19-26H,11,13-14H2,1-2H3,(H,33,40)(H,37,38). The maximum Gasteiger partial charge on any atom is 0.326 e. The SMILES string of the molecule is CC(C)CC(C(=O)O)N1C(=O)C2C3CC(C2C1=O)C1C(c2cccc(OCc4ccccc4)c2)c2sc(=S)[nH]c2SC31. The fraction of sp³-hybridized carbons (Fsp3) is 0.438. The number of imide groups is 1. The van der Waals surface area contributed by atoms with E-state index in [-0.39, 0.29) is 53.1 Å². The zero-order valence-corrected chi connectivity index (χ0v) is 25.7. The van der Waals surface area contributed by atoms with Gasteiger partial charge in [-0.1, -0.05) is 56.3 Å². The molecule has 2 bridgehead atoms. The van der Waals surface area contributed by atoms with Crippen molar-refractivity contribution in [1.29, 1.82) is 0 Å². The fourth-order valence-corrected chi connectivity index (χ4v) is 11.4. The number of thioether (sulfide) groups is 1. The summed E-state index contributed by atoms with van der Waals surface area (Å²) in [6.45, 7) is 4.30. The molecular formula is C32H32N2O5S3. The highest BCUT2D eigenvalue weighted by Gasteiger charge is 2.70. The number of ether oxygens (including phenoxy) is 1. The summed E-state index contributed by atoms with van der Waals surface area (Å²) in [6, 6.07) is 17.2. The van der Waals surface area contributed by atoms with Crippen LogP contribution in [-0.4, -0.2) is 44.1 Å². The Hall–Kier alpha value is -2.95. The van der Waals surface area contributed by atoms with Crippen LogP contribution >= 0.6 is 35.3 Å². The predicted octanol–water partition coefficient (Wildman–Crippen LogP) is 6.36. The Balaban J connectivity index is 1.24. The second-order valence-corrected chi connectivity index (χ2v) is 15.2. The van der Waals surface area contributed by atoms with Crippen molar-refractivity contribution in [3.63, 3.8) is 0 Å². The molecule has 8 unspecified atom stereocenters. The summed E-state index contributed by atoms with van der Waals surface area (Å²) in [5.74, 6) is -1.64. The molecule has 1 saturated heterocycles. The molecule has 2 N–H and O–H groups in total. The van der Waals surface area contributed by atoms with E-state index in [4.69, 9.17) is 17.0 Å². The number of fused-ring (bicyclic) bond motifs is 9. The van der Waals surface area contributed by atoms with Crippen molar-refractivity contribution >= 4 is 53.1 Å². The molecular weight excluding hydrogens is 589 g/mol. The van der Waals surface area contributed by atoms with Gasteiger partial charge in [-0.2, -0.15) is 0 Å². The summed E-state index contributed by atoms with van der Waals surface area (Å²) in [6.07, 6.45) is 1.07. The van der Waals surface area contributed by atoms with Crippen LogP contribution in [0.1, 0.15) is 48.6 Å². The minimum absolute atomic E-state index is 0.00307. The molecule has 0 radical (unpaired) electrons. The van der Waals surface area contributed by atoms with Crippen molar-refractivity contribution in [3.8, 4) is 5.75 Å². The Morgan fingerprint density at radius 3 is 2.55 bits per heavy atom. The van der Waals surface area contributed by atoms with E-state index >= 15 is 0 Å². The number of carbonyl (C=O) groups is 3. The summed E-state index contributed by atoms with van der Waals surface area (Å²) in [5.41, 5.74) is 2.21. The summed E-state index contributed by atoms with van der Waals surface area (Å²) in [4.78, 5) is 45.7. The first-order chi connectivity index (χ1) is 20.2. The van der Waals surface area contributed by atoms with Gasteiger partial charge in [0.25, 0.3) is 0 Å². The van der Waals surface area contributed by atoms with Gasteiger partial charge in [-0.25, -0.2) is 4.79 Å². The third-order valence-electron chi connectivity index (χ3n) is 9.51. The highest BCUT2D eigenvalue weighted by Crippen LogP contribution is 2.69. The number of benzene rings is 2. The molecule has 2 amide bonds.